The van der Waals surface area contributed by atoms with Crippen molar-refractivity contribution in [3.05, 3.63) is 0 Å². The van der Waals surface area contributed by atoms with Gasteiger partial charge in [-0.2, -0.15) is 61.5 Å². The molecule has 3 nitrogen and oxygen atoms in total. The highest BCUT2D eigenvalue weighted by molar-refractivity contribution is 5.00. The van der Waals surface area contributed by atoms with Crippen LogP contribution >= 0.6 is 0 Å². The number of hydrogen-bond donors (Lipinski definition) is 1. The van der Waals surface area contributed by atoms with Gasteiger partial charge in [0.2, 0.25) is 0 Å². The van der Waals surface area contributed by atoms with Crippen LogP contribution in [0.3, 0.4) is 0 Å². The van der Waals surface area contributed by atoms with Crippen molar-refractivity contribution in [2.75, 3.05) is 26.4 Å². The first kappa shape index (κ1) is 27.9. The molecule has 1 atom stereocenters. The van der Waals surface area contributed by atoms with Crippen LogP contribution in [0.4, 0.5) is 61.5 Å². The maximum atomic E-state index is 13.1. The third-order valence-corrected chi connectivity index (χ3v) is 3.09. The minimum atomic E-state index is -7.08. The van der Waals surface area contributed by atoms with Gasteiger partial charge in [0.05, 0.1) is 19.8 Å². The van der Waals surface area contributed by atoms with Crippen LogP contribution in [0, 0.1) is 0 Å². The molecule has 0 rings (SSSR count). The predicted octanol–water partition coefficient (Wildman–Crippen LogP) is 4.44. The second-order valence-electron chi connectivity index (χ2n) is 5.55. The number of aliphatic hydroxyl groups is 1. The molecule has 0 fully saturated rings. The Morgan fingerprint density at radius 2 is 1.03 bits per heavy atom. The zero-order valence-corrected chi connectivity index (χ0v) is 13.7. The van der Waals surface area contributed by atoms with Crippen LogP contribution in [0.5, 0.6) is 0 Å². The maximum Gasteiger partial charge on any atom is 0.460 e. The standard InChI is InChI=1S/C12H12F14O3/c13-7(14,9(17,18)10(19,20)12(24,25)26)1-2-28-3-6(27)4-29-5-8(15,16)11(21,22)23/h6,27H,1-5H2. The van der Waals surface area contributed by atoms with Gasteiger partial charge < -0.3 is 14.6 Å². The Labute approximate surface area is 152 Å². The van der Waals surface area contributed by atoms with Gasteiger partial charge in [-0.25, -0.2) is 0 Å². The fraction of sp³-hybridized carbons (Fsp3) is 1.00. The first-order valence-corrected chi connectivity index (χ1v) is 7.08. The van der Waals surface area contributed by atoms with Crippen LogP contribution in [0.2, 0.25) is 0 Å². The molecule has 0 aliphatic carbocycles. The summed E-state index contributed by atoms with van der Waals surface area (Å²) >= 11 is 0. The van der Waals surface area contributed by atoms with E-state index in [2.05, 4.69) is 9.47 Å². The summed E-state index contributed by atoms with van der Waals surface area (Å²) in [6.07, 6.45) is -17.4. The molecule has 0 spiro atoms. The van der Waals surface area contributed by atoms with Gasteiger partial charge >= 0.3 is 36.0 Å². The van der Waals surface area contributed by atoms with Crippen molar-refractivity contribution in [1.29, 1.82) is 0 Å². The second kappa shape index (κ2) is 8.95. The molecular weight excluding hydrogens is 458 g/mol. The Bertz CT molecular complexity index is 513. The molecule has 1 N–H and O–H groups in total. The van der Waals surface area contributed by atoms with Gasteiger partial charge in [-0.15, -0.1) is 0 Å². The van der Waals surface area contributed by atoms with Crippen molar-refractivity contribution >= 4 is 0 Å². The average molecular weight is 470 g/mol. The number of ether oxygens (including phenoxy) is 2. The van der Waals surface area contributed by atoms with Crippen LogP contribution < -0.4 is 0 Å². The molecule has 0 aliphatic heterocycles. The van der Waals surface area contributed by atoms with Crippen molar-refractivity contribution < 1.29 is 76.0 Å². The van der Waals surface area contributed by atoms with Crippen molar-refractivity contribution in [1.82, 2.24) is 0 Å². The molecule has 0 bridgehead atoms. The molecule has 0 amide bonds. The Morgan fingerprint density at radius 3 is 1.45 bits per heavy atom. The van der Waals surface area contributed by atoms with Crippen molar-refractivity contribution in [2.45, 2.75) is 48.6 Å². The molecule has 0 aliphatic rings. The summed E-state index contributed by atoms with van der Waals surface area (Å²) < 4.78 is 181. The van der Waals surface area contributed by atoms with Crippen molar-refractivity contribution in [3.63, 3.8) is 0 Å². The Morgan fingerprint density at radius 1 is 0.586 bits per heavy atom. The van der Waals surface area contributed by atoms with Gasteiger partial charge in [0.25, 0.3) is 0 Å². The third-order valence-electron chi connectivity index (χ3n) is 3.09. The molecule has 0 saturated carbocycles. The van der Waals surface area contributed by atoms with Crippen LogP contribution in [-0.4, -0.2) is 73.7 Å². The zero-order chi connectivity index (χ0) is 23.5. The van der Waals surface area contributed by atoms with E-state index in [0.29, 0.717) is 0 Å². The normalized spacial score (nSPS) is 16.2. The first-order valence-electron chi connectivity index (χ1n) is 7.08. The summed E-state index contributed by atoms with van der Waals surface area (Å²) in [5.41, 5.74) is 0. The number of rotatable bonds is 11. The lowest BCUT2D eigenvalue weighted by atomic mass is 10.0. The molecule has 0 aromatic rings. The average Bonchev–Trinajstić information content (AvgIpc) is 2.48. The quantitative estimate of drug-likeness (QED) is 0.359. The minimum Gasteiger partial charge on any atom is -0.388 e. The fourth-order valence-electron chi connectivity index (χ4n) is 1.44. The van der Waals surface area contributed by atoms with E-state index < -0.39 is 75.0 Å². The predicted molar refractivity (Wildman–Crippen MR) is 64.2 cm³/mol. The Hall–Kier alpha value is -1.10. The van der Waals surface area contributed by atoms with Crippen LogP contribution in [0.15, 0.2) is 0 Å². The molecule has 0 saturated heterocycles. The summed E-state index contributed by atoms with van der Waals surface area (Å²) in [6, 6.07) is 0. The number of hydrogen-bond acceptors (Lipinski definition) is 3. The lowest BCUT2D eigenvalue weighted by Crippen LogP contribution is -2.61. The smallest absolute Gasteiger partial charge is 0.388 e. The second-order valence-corrected chi connectivity index (χ2v) is 5.55. The largest absolute Gasteiger partial charge is 0.460 e. The summed E-state index contributed by atoms with van der Waals surface area (Å²) in [4.78, 5) is 0. The van der Waals surface area contributed by atoms with Gasteiger partial charge in [0.1, 0.15) is 12.7 Å². The van der Waals surface area contributed by atoms with Gasteiger partial charge in [-0.1, -0.05) is 0 Å². The van der Waals surface area contributed by atoms with Crippen LogP contribution in [0.25, 0.3) is 0 Å². The Kier molecular flexibility index (Phi) is 8.61. The number of aliphatic hydroxyl groups excluding tert-OH is 1. The van der Waals surface area contributed by atoms with E-state index in [1.807, 2.05) is 0 Å². The molecule has 176 valence electrons. The van der Waals surface area contributed by atoms with E-state index in [1.54, 1.807) is 0 Å². The molecule has 1 unspecified atom stereocenters. The van der Waals surface area contributed by atoms with E-state index in [4.69, 9.17) is 5.11 Å². The van der Waals surface area contributed by atoms with Crippen LogP contribution in [-0.2, 0) is 9.47 Å². The topological polar surface area (TPSA) is 38.7 Å². The maximum absolute atomic E-state index is 13.1. The monoisotopic (exact) mass is 470 g/mol. The lowest BCUT2D eigenvalue weighted by molar-refractivity contribution is -0.397. The van der Waals surface area contributed by atoms with E-state index in [1.165, 1.54) is 0 Å². The third kappa shape index (κ3) is 6.70. The number of alkyl halides is 14. The van der Waals surface area contributed by atoms with E-state index in [9.17, 15) is 61.5 Å². The number of halogens is 14. The van der Waals surface area contributed by atoms with Crippen molar-refractivity contribution in [3.8, 4) is 0 Å². The molecular formula is C12H12F14O3. The van der Waals surface area contributed by atoms with Gasteiger partial charge in [0.15, 0.2) is 0 Å². The molecule has 0 radical (unpaired) electrons. The summed E-state index contributed by atoms with van der Waals surface area (Å²) in [6.45, 7) is -6.28. The lowest BCUT2D eigenvalue weighted by Gasteiger charge is -2.33. The Balaban J connectivity index is 4.52. The highest BCUT2D eigenvalue weighted by Crippen LogP contribution is 2.53. The molecule has 0 heterocycles. The van der Waals surface area contributed by atoms with Gasteiger partial charge in [0, 0.05) is 6.42 Å². The van der Waals surface area contributed by atoms with E-state index in [0.717, 1.165) is 0 Å². The summed E-state index contributed by atoms with van der Waals surface area (Å²) in [7, 11) is 0. The molecule has 0 aromatic carbocycles. The first-order chi connectivity index (χ1) is 12.6. The van der Waals surface area contributed by atoms with Crippen LogP contribution in [0.1, 0.15) is 6.42 Å². The van der Waals surface area contributed by atoms with E-state index in [-0.39, 0.29) is 0 Å². The molecule has 29 heavy (non-hydrogen) atoms. The highest BCUT2D eigenvalue weighted by atomic mass is 19.4. The van der Waals surface area contributed by atoms with Gasteiger partial charge in [-0.05, 0) is 0 Å². The summed E-state index contributed by atoms with van der Waals surface area (Å²) in [5.74, 6) is -25.1. The van der Waals surface area contributed by atoms with Gasteiger partial charge in [-0.3, -0.25) is 0 Å². The zero-order valence-electron chi connectivity index (χ0n) is 13.7. The van der Waals surface area contributed by atoms with Crippen molar-refractivity contribution in [2.24, 2.45) is 0 Å². The SMILES string of the molecule is OC(COCCC(F)(F)C(F)(F)C(F)(F)C(F)(F)F)COCC(F)(F)C(F)(F)F. The van der Waals surface area contributed by atoms with E-state index >= 15 is 0 Å². The molecule has 0 aromatic heterocycles. The highest BCUT2D eigenvalue weighted by Gasteiger charge is 2.81. The summed E-state index contributed by atoms with van der Waals surface area (Å²) in [5, 5.41) is 9.09. The minimum absolute atomic E-state index is 1.19. The molecule has 17 heteroatoms. The fourth-order valence-corrected chi connectivity index (χ4v) is 1.44.